The van der Waals surface area contributed by atoms with Crippen molar-refractivity contribution in [2.75, 3.05) is 0 Å². The molecular formula is C15H17PSi2. The highest BCUT2D eigenvalue weighted by Crippen LogP contribution is 2.01. The Hall–Kier alpha value is -0.696. The predicted octanol–water partition coefficient (Wildman–Crippen LogP) is 1.82. The van der Waals surface area contributed by atoms with E-state index in [-0.39, 0.29) is 0 Å². The molecule has 0 aliphatic carbocycles. The van der Waals surface area contributed by atoms with Gasteiger partial charge in [-0.3, -0.25) is 0 Å². The van der Waals surface area contributed by atoms with E-state index >= 15 is 0 Å². The summed E-state index contributed by atoms with van der Waals surface area (Å²) in [5.41, 5.74) is 2.83. The van der Waals surface area contributed by atoms with E-state index in [1.807, 2.05) is 0 Å². The lowest BCUT2D eigenvalue weighted by Crippen LogP contribution is -2.36. The van der Waals surface area contributed by atoms with E-state index in [1.165, 1.54) is 21.5 Å². The number of benzene rings is 2. The molecule has 1 atom stereocenters. The van der Waals surface area contributed by atoms with Crippen molar-refractivity contribution in [2.24, 2.45) is 0 Å². The van der Waals surface area contributed by atoms with Crippen LogP contribution in [0.15, 0.2) is 48.5 Å². The maximum atomic E-state index is 3.03. The molecule has 0 aromatic heterocycles. The standard InChI is InChI=1S/C15H17PSi2/c1-11-7-3-5-9-13(11)17-15(16)18-14-10-6-4-8-12(14)2/h3-10,15H,16H2,1-2H3. The van der Waals surface area contributed by atoms with Crippen LogP contribution in [0.4, 0.5) is 0 Å². The maximum absolute atomic E-state index is 3.03. The minimum absolute atomic E-state index is 0.659. The van der Waals surface area contributed by atoms with Crippen LogP contribution >= 0.6 is 9.24 Å². The van der Waals surface area contributed by atoms with Gasteiger partial charge in [0.05, 0.1) is 19.0 Å². The van der Waals surface area contributed by atoms with E-state index in [9.17, 15) is 0 Å². The summed E-state index contributed by atoms with van der Waals surface area (Å²) >= 11 is 0. The maximum Gasteiger partial charge on any atom is 0.0857 e. The summed E-state index contributed by atoms with van der Waals surface area (Å²) in [6, 6.07) is 17.4. The molecule has 1 unspecified atom stereocenters. The average molecular weight is 284 g/mol. The van der Waals surface area contributed by atoms with Gasteiger partial charge in [0.25, 0.3) is 0 Å². The molecule has 2 aromatic rings. The first kappa shape index (κ1) is 13.7. The van der Waals surface area contributed by atoms with Gasteiger partial charge in [-0.2, -0.15) is 0 Å². The van der Waals surface area contributed by atoms with Gasteiger partial charge in [0, 0.05) is 0 Å². The highest BCUT2D eigenvalue weighted by Gasteiger charge is 2.10. The van der Waals surface area contributed by atoms with Crippen molar-refractivity contribution >= 4 is 38.7 Å². The molecule has 0 heterocycles. The number of aryl methyl sites for hydroxylation is 2. The van der Waals surface area contributed by atoms with Crippen molar-refractivity contribution in [3.05, 3.63) is 59.7 Å². The summed E-state index contributed by atoms with van der Waals surface area (Å²) in [6.45, 7) is 4.41. The van der Waals surface area contributed by atoms with E-state index in [0.29, 0.717) is 4.91 Å². The third kappa shape index (κ3) is 3.65. The summed E-state index contributed by atoms with van der Waals surface area (Å²) < 4.78 is 0. The second-order valence-corrected chi connectivity index (χ2v) is 9.87. The van der Waals surface area contributed by atoms with Gasteiger partial charge in [-0.1, -0.05) is 70.0 Å². The first-order valence-corrected chi connectivity index (χ1v) is 8.89. The number of hydrogen-bond donors (Lipinski definition) is 0. The van der Waals surface area contributed by atoms with Crippen molar-refractivity contribution in [1.82, 2.24) is 0 Å². The van der Waals surface area contributed by atoms with Crippen LogP contribution in [0.1, 0.15) is 11.1 Å². The quantitative estimate of drug-likeness (QED) is 0.593. The molecule has 0 saturated heterocycles. The minimum Gasteiger partial charge on any atom is -0.140 e. The SMILES string of the molecule is Cc1ccccc1[Si]C(P)[Si]c1ccccc1C. The fourth-order valence-corrected chi connectivity index (χ4v) is 5.82. The molecule has 0 saturated carbocycles. The van der Waals surface area contributed by atoms with Gasteiger partial charge in [-0.25, -0.2) is 0 Å². The van der Waals surface area contributed by atoms with E-state index < -0.39 is 0 Å². The van der Waals surface area contributed by atoms with Crippen LogP contribution in [-0.4, -0.2) is 23.9 Å². The summed E-state index contributed by atoms with van der Waals surface area (Å²) in [7, 11) is 4.77. The zero-order valence-corrected chi connectivity index (χ0v) is 13.9. The van der Waals surface area contributed by atoms with E-state index in [1.54, 1.807) is 0 Å². The first-order chi connectivity index (χ1) is 8.66. The highest BCUT2D eigenvalue weighted by atomic mass is 31.0. The van der Waals surface area contributed by atoms with Gasteiger partial charge in [-0.15, -0.1) is 9.24 Å². The highest BCUT2D eigenvalue weighted by molar-refractivity contribution is 7.28. The lowest BCUT2D eigenvalue weighted by atomic mass is 10.2. The Morgan fingerprint density at radius 3 is 1.56 bits per heavy atom. The fourth-order valence-electron chi connectivity index (χ4n) is 1.84. The fraction of sp³-hybridized carbons (Fsp3) is 0.200. The van der Waals surface area contributed by atoms with Crippen molar-refractivity contribution in [1.29, 1.82) is 0 Å². The normalized spacial score (nSPS) is 10.9. The zero-order chi connectivity index (χ0) is 13.0. The first-order valence-electron chi connectivity index (χ1n) is 6.07. The Bertz CT molecular complexity index is 478. The van der Waals surface area contributed by atoms with Crippen LogP contribution in [-0.2, 0) is 0 Å². The number of hydrogen-bond acceptors (Lipinski definition) is 0. The Balaban J connectivity index is 2.04. The zero-order valence-electron chi connectivity index (χ0n) is 10.8. The van der Waals surface area contributed by atoms with Crippen LogP contribution in [0.3, 0.4) is 0 Å². The Kier molecular flexibility index (Phi) is 4.93. The molecule has 2 aromatic carbocycles. The molecule has 0 fully saturated rings. The lowest BCUT2D eigenvalue weighted by molar-refractivity contribution is 1.50. The van der Waals surface area contributed by atoms with Gasteiger partial charge in [0.1, 0.15) is 0 Å². The molecule has 18 heavy (non-hydrogen) atoms. The second-order valence-electron chi connectivity index (χ2n) is 4.40. The lowest BCUT2D eigenvalue weighted by Gasteiger charge is -2.12. The van der Waals surface area contributed by atoms with Gasteiger partial charge in [0.15, 0.2) is 0 Å². The molecule has 0 aliphatic heterocycles. The molecule has 2 rings (SSSR count). The average Bonchev–Trinajstić information content (AvgIpc) is 2.35. The van der Waals surface area contributed by atoms with Crippen LogP contribution in [0.5, 0.6) is 0 Å². The van der Waals surface area contributed by atoms with E-state index in [0.717, 1.165) is 19.0 Å². The third-order valence-corrected chi connectivity index (χ3v) is 7.14. The van der Waals surface area contributed by atoms with E-state index in [4.69, 9.17) is 0 Å². The Morgan fingerprint density at radius 2 is 1.17 bits per heavy atom. The van der Waals surface area contributed by atoms with Crippen molar-refractivity contribution in [3.8, 4) is 0 Å². The second kappa shape index (κ2) is 6.46. The summed E-state index contributed by atoms with van der Waals surface area (Å²) in [5, 5.41) is 3.00. The Labute approximate surface area is 117 Å². The predicted molar refractivity (Wildman–Crippen MR) is 86.6 cm³/mol. The van der Waals surface area contributed by atoms with Crippen LogP contribution in [0.2, 0.25) is 0 Å². The van der Waals surface area contributed by atoms with Crippen molar-refractivity contribution in [2.45, 2.75) is 18.8 Å². The monoisotopic (exact) mass is 284 g/mol. The van der Waals surface area contributed by atoms with Crippen molar-refractivity contribution < 1.29 is 0 Å². The molecule has 0 bridgehead atoms. The molecule has 0 N–H and O–H groups in total. The van der Waals surface area contributed by atoms with Crippen LogP contribution < -0.4 is 10.4 Å². The summed E-state index contributed by atoms with van der Waals surface area (Å²) in [5.74, 6) is 0. The van der Waals surface area contributed by atoms with Gasteiger partial charge in [0.2, 0.25) is 0 Å². The van der Waals surface area contributed by atoms with Gasteiger partial charge >= 0.3 is 0 Å². The summed E-state index contributed by atoms with van der Waals surface area (Å²) in [4.78, 5) is 0.659. The summed E-state index contributed by atoms with van der Waals surface area (Å²) in [6.07, 6.45) is 0. The van der Waals surface area contributed by atoms with Crippen LogP contribution in [0, 0.1) is 13.8 Å². The molecule has 4 radical (unpaired) electrons. The Morgan fingerprint density at radius 1 is 0.778 bits per heavy atom. The van der Waals surface area contributed by atoms with Crippen molar-refractivity contribution in [3.63, 3.8) is 0 Å². The van der Waals surface area contributed by atoms with Crippen LogP contribution in [0.25, 0.3) is 0 Å². The largest absolute Gasteiger partial charge is 0.140 e. The van der Waals surface area contributed by atoms with E-state index in [2.05, 4.69) is 71.6 Å². The minimum atomic E-state index is 0.659. The molecule has 0 aliphatic rings. The molecule has 0 spiro atoms. The smallest absolute Gasteiger partial charge is 0.0857 e. The van der Waals surface area contributed by atoms with Gasteiger partial charge < -0.3 is 0 Å². The van der Waals surface area contributed by atoms with Gasteiger partial charge in [-0.05, 0) is 18.8 Å². The topological polar surface area (TPSA) is 0 Å². The molecule has 90 valence electrons. The molecule has 0 nitrogen and oxygen atoms in total. The third-order valence-electron chi connectivity index (χ3n) is 2.91. The molecule has 3 heteroatoms. The molecule has 0 amide bonds. The molecular weight excluding hydrogens is 267 g/mol. The number of rotatable bonds is 4.